The molecule has 9 nitrogen and oxygen atoms in total. The second-order valence-corrected chi connectivity index (χ2v) is 6.83. The van der Waals surface area contributed by atoms with E-state index in [0.29, 0.717) is 18.9 Å². The Hall–Kier alpha value is -2.78. The Kier molecular flexibility index (Phi) is 4.63. The van der Waals surface area contributed by atoms with E-state index in [-0.39, 0.29) is 30.0 Å². The van der Waals surface area contributed by atoms with Crippen LogP contribution in [-0.2, 0) is 14.3 Å². The lowest BCUT2D eigenvalue weighted by Crippen LogP contribution is -2.54. The molecule has 3 aliphatic rings. The maximum absolute atomic E-state index is 12.8. The molecule has 3 heterocycles. The average molecular weight is 372 g/mol. The normalized spacial score (nSPS) is 25.9. The van der Waals surface area contributed by atoms with Gasteiger partial charge in [0, 0.05) is 25.2 Å². The predicted molar refractivity (Wildman–Crippen MR) is 94.2 cm³/mol. The first-order valence-corrected chi connectivity index (χ1v) is 8.95. The van der Waals surface area contributed by atoms with Crippen molar-refractivity contribution in [2.45, 2.75) is 24.9 Å². The minimum atomic E-state index is -0.953. The molecule has 0 saturated carbocycles. The number of amides is 4. The average Bonchev–Trinajstić information content (AvgIpc) is 2.82. The molecule has 1 aromatic rings. The third-order valence-corrected chi connectivity index (χ3v) is 4.94. The number of nitrogens with zero attached hydrogens (tertiary/aromatic N) is 1. The lowest BCUT2D eigenvalue weighted by atomic mass is 10.0. The van der Waals surface area contributed by atoms with Crippen LogP contribution < -0.4 is 16.0 Å². The third-order valence-electron chi connectivity index (χ3n) is 4.94. The van der Waals surface area contributed by atoms with Crippen LogP contribution in [0.15, 0.2) is 18.2 Å². The Labute approximate surface area is 155 Å². The number of carbonyl (C=O) groups excluding carboxylic acids is 4. The first kappa shape index (κ1) is 17.6. The Morgan fingerprint density at radius 3 is 2.74 bits per heavy atom. The van der Waals surface area contributed by atoms with E-state index in [1.807, 2.05) is 0 Å². The van der Waals surface area contributed by atoms with Gasteiger partial charge in [-0.2, -0.15) is 0 Å². The van der Waals surface area contributed by atoms with E-state index >= 15 is 0 Å². The Morgan fingerprint density at radius 2 is 1.93 bits per heavy atom. The summed E-state index contributed by atoms with van der Waals surface area (Å²) in [7, 11) is 0. The van der Waals surface area contributed by atoms with E-state index in [4.69, 9.17) is 4.74 Å². The molecule has 4 amide bonds. The van der Waals surface area contributed by atoms with Crippen molar-refractivity contribution in [3.63, 3.8) is 0 Å². The molecule has 0 spiro atoms. The first-order chi connectivity index (χ1) is 13.0. The second-order valence-electron chi connectivity index (χ2n) is 6.83. The first-order valence-electron chi connectivity index (χ1n) is 8.95. The van der Waals surface area contributed by atoms with Crippen molar-refractivity contribution in [2.24, 2.45) is 0 Å². The van der Waals surface area contributed by atoms with E-state index in [9.17, 15) is 19.2 Å². The van der Waals surface area contributed by atoms with E-state index in [2.05, 4.69) is 16.0 Å². The fraction of sp³-hybridized carbons (Fsp3) is 0.444. The number of fused-ring (bicyclic) bond motifs is 1. The number of rotatable bonds is 3. The molecule has 0 aromatic heterocycles. The van der Waals surface area contributed by atoms with Crippen LogP contribution >= 0.6 is 0 Å². The van der Waals surface area contributed by atoms with Crippen LogP contribution in [0.4, 0.5) is 5.69 Å². The van der Waals surface area contributed by atoms with Gasteiger partial charge in [0.1, 0.15) is 6.04 Å². The van der Waals surface area contributed by atoms with Gasteiger partial charge in [0.15, 0.2) is 0 Å². The maximum Gasteiger partial charge on any atom is 0.262 e. The largest absolute Gasteiger partial charge is 0.379 e. The highest BCUT2D eigenvalue weighted by Crippen LogP contribution is 2.29. The molecule has 2 unspecified atom stereocenters. The monoisotopic (exact) mass is 372 g/mol. The molecule has 0 bridgehead atoms. The molecule has 2 fully saturated rings. The van der Waals surface area contributed by atoms with Gasteiger partial charge in [0.2, 0.25) is 11.8 Å². The predicted octanol–water partition coefficient (Wildman–Crippen LogP) is -0.512. The van der Waals surface area contributed by atoms with E-state index in [0.717, 1.165) is 18.0 Å². The quantitative estimate of drug-likeness (QED) is 0.612. The van der Waals surface area contributed by atoms with Gasteiger partial charge in [-0.15, -0.1) is 0 Å². The highest BCUT2D eigenvalue weighted by atomic mass is 16.5. The van der Waals surface area contributed by atoms with Crippen LogP contribution in [0, 0.1) is 0 Å². The van der Waals surface area contributed by atoms with Gasteiger partial charge in [-0.3, -0.25) is 29.4 Å². The van der Waals surface area contributed by atoms with Crippen molar-refractivity contribution in [3.8, 4) is 0 Å². The molecule has 2 atom stereocenters. The summed E-state index contributed by atoms with van der Waals surface area (Å²) in [4.78, 5) is 49.9. The summed E-state index contributed by atoms with van der Waals surface area (Å²) in [6.07, 6.45) is 0.248. The van der Waals surface area contributed by atoms with Crippen molar-refractivity contribution in [1.29, 1.82) is 0 Å². The molecule has 4 rings (SSSR count). The lowest BCUT2D eigenvalue weighted by Gasteiger charge is -2.27. The van der Waals surface area contributed by atoms with Crippen molar-refractivity contribution >= 4 is 29.3 Å². The highest BCUT2D eigenvalue weighted by Gasteiger charge is 2.44. The molecule has 9 heteroatoms. The Bertz CT molecular complexity index is 816. The zero-order valence-electron chi connectivity index (χ0n) is 14.6. The summed E-state index contributed by atoms with van der Waals surface area (Å²) in [5.41, 5.74) is 1.24. The number of ether oxygens (including phenoxy) is 1. The number of anilines is 1. The summed E-state index contributed by atoms with van der Waals surface area (Å²) >= 11 is 0. The standard InChI is InChI=1S/C18H20N4O5/c23-15-4-3-14(16(24)21-15)22-17(25)12-2-1-10(7-13(12)18(22)26)20-11-8-19-5-6-27-9-11/h1-2,7,11,14,19-20H,3-6,8-9H2,(H,21,23,24). The van der Waals surface area contributed by atoms with Crippen LogP contribution in [-0.4, -0.2) is 66.9 Å². The minimum absolute atomic E-state index is 0.0454. The Morgan fingerprint density at radius 1 is 1.11 bits per heavy atom. The van der Waals surface area contributed by atoms with Gasteiger partial charge in [-0.25, -0.2) is 0 Å². The zero-order chi connectivity index (χ0) is 19.0. The van der Waals surface area contributed by atoms with Gasteiger partial charge < -0.3 is 15.4 Å². The highest BCUT2D eigenvalue weighted by molar-refractivity contribution is 6.23. The summed E-state index contributed by atoms with van der Waals surface area (Å²) < 4.78 is 5.50. The Balaban J connectivity index is 1.54. The summed E-state index contributed by atoms with van der Waals surface area (Å²) in [5.74, 6) is -2.02. The van der Waals surface area contributed by atoms with Crippen LogP contribution in [0.3, 0.4) is 0 Å². The van der Waals surface area contributed by atoms with Crippen molar-refractivity contribution in [3.05, 3.63) is 29.3 Å². The zero-order valence-corrected chi connectivity index (χ0v) is 14.6. The lowest BCUT2D eigenvalue weighted by molar-refractivity contribution is -0.136. The number of carbonyl (C=O) groups is 4. The number of nitrogens with one attached hydrogen (secondary N) is 3. The molecule has 1 aromatic carbocycles. The summed E-state index contributed by atoms with van der Waals surface area (Å²) in [6.45, 7) is 2.71. The molecule has 2 saturated heterocycles. The smallest absolute Gasteiger partial charge is 0.262 e. The minimum Gasteiger partial charge on any atom is -0.379 e. The second kappa shape index (κ2) is 7.09. The van der Waals surface area contributed by atoms with Crippen LogP contribution in [0.1, 0.15) is 33.6 Å². The SMILES string of the molecule is O=C1CCC(N2C(=O)c3ccc(NC4CNCCOC4)cc3C2=O)C(=O)N1. The number of hydrogen-bond acceptors (Lipinski definition) is 7. The molecular formula is C18H20N4O5. The van der Waals surface area contributed by atoms with Gasteiger partial charge in [-0.05, 0) is 24.6 Å². The molecule has 3 N–H and O–H groups in total. The third kappa shape index (κ3) is 3.31. The van der Waals surface area contributed by atoms with E-state index in [1.54, 1.807) is 18.2 Å². The fourth-order valence-electron chi connectivity index (χ4n) is 3.59. The van der Waals surface area contributed by atoms with Gasteiger partial charge >= 0.3 is 0 Å². The summed E-state index contributed by atoms with van der Waals surface area (Å²) in [6, 6.07) is 4.05. The van der Waals surface area contributed by atoms with Crippen LogP contribution in [0.5, 0.6) is 0 Å². The molecule has 142 valence electrons. The summed E-state index contributed by atoms with van der Waals surface area (Å²) in [5, 5.41) is 8.75. The molecule has 27 heavy (non-hydrogen) atoms. The molecular weight excluding hydrogens is 352 g/mol. The molecule has 0 aliphatic carbocycles. The number of benzene rings is 1. The molecule has 0 radical (unpaired) electrons. The molecule has 3 aliphatic heterocycles. The fourth-order valence-corrected chi connectivity index (χ4v) is 3.59. The maximum atomic E-state index is 12.8. The number of piperidine rings is 1. The van der Waals surface area contributed by atoms with Gasteiger partial charge in [0.05, 0.1) is 30.4 Å². The van der Waals surface area contributed by atoms with Gasteiger partial charge in [-0.1, -0.05) is 0 Å². The topological polar surface area (TPSA) is 117 Å². The van der Waals surface area contributed by atoms with Crippen LogP contribution in [0.2, 0.25) is 0 Å². The number of imide groups is 2. The van der Waals surface area contributed by atoms with Crippen molar-refractivity contribution in [1.82, 2.24) is 15.5 Å². The van der Waals surface area contributed by atoms with Crippen molar-refractivity contribution < 1.29 is 23.9 Å². The van der Waals surface area contributed by atoms with E-state index in [1.165, 1.54) is 0 Å². The van der Waals surface area contributed by atoms with Gasteiger partial charge in [0.25, 0.3) is 11.8 Å². The van der Waals surface area contributed by atoms with Crippen molar-refractivity contribution in [2.75, 3.05) is 31.6 Å². The number of hydrogen-bond donors (Lipinski definition) is 3. The van der Waals surface area contributed by atoms with Crippen LogP contribution in [0.25, 0.3) is 0 Å². The van der Waals surface area contributed by atoms with E-state index < -0.39 is 29.7 Å².